The molecule has 1 N–H and O–H groups in total. The standard InChI is InChI=1S/C31H39N3O4/c1-4-38-30(37)28(24-14-7-5-8-15-24)33-29(36)26-18-13-21-34(26)27(35)19-11-12-20-31(22-32,23(2)3)25-16-9-6-10-17-25/h5-10,14-17,23,26,28H,4,11-13,18-21H2,1-3H3,(H,33,36)/t26-,28-,31+/m1/s1. The fourth-order valence-electron chi connectivity index (χ4n) is 5.30. The average Bonchev–Trinajstić information content (AvgIpc) is 3.43. The zero-order valence-electron chi connectivity index (χ0n) is 22.7. The van der Waals surface area contributed by atoms with E-state index in [1.807, 2.05) is 36.4 Å². The van der Waals surface area contributed by atoms with Crippen LogP contribution in [0.5, 0.6) is 0 Å². The number of nitriles is 1. The van der Waals surface area contributed by atoms with Gasteiger partial charge in [0.1, 0.15) is 6.04 Å². The number of amides is 2. The van der Waals surface area contributed by atoms with Gasteiger partial charge >= 0.3 is 5.97 Å². The van der Waals surface area contributed by atoms with E-state index in [1.54, 1.807) is 36.1 Å². The Morgan fingerprint density at radius 3 is 2.34 bits per heavy atom. The Bertz CT molecular complexity index is 1110. The predicted octanol–water partition coefficient (Wildman–Crippen LogP) is 5.08. The van der Waals surface area contributed by atoms with Crippen LogP contribution in [0.4, 0.5) is 0 Å². The van der Waals surface area contributed by atoms with Crippen LogP contribution in [0.25, 0.3) is 0 Å². The van der Waals surface area contributed by atoms with Crippen LogP contribution < -0.4 is 5.32 Å². The first-order chi connectivity index (χ1) is 18.3. The Morgan fingerprint density at radius 1 is 1.08 bits per heavy atom. The zero-order valence-corrected chi connectivity index (χ0v) is 22.7. The van der Waals surface area contributed by atoms with Gasteiger partial charge in [-0.15, -0.1) is 0 Å². The highest BCUT2D eigenvalue weighted by molar-refractivity contribution is 5.91. The molecule has 1 saturated heterocycles. The van der Waals surface area contributed by atoms with Gasteiger partial charge in [0.05, 0.1) is 18.1 Å². The average molecular weight is 518 g/mol. The maximum atomic E-state index is 13.2. The van der Waals surface area contributed by atoms with E-state index in [-0.39, 0.29) is 24.3 Å². The van der Waals surface area contributed by atoms with Gasteiger partial charge in [-0.1, -0.05) is 80.9 Å². The summed E-state index contributed by atoms with van der Waals surface area (Å²) < 4.78 is 5.19. The molecule has 0 radical (unpaired) electrons. The number of esters is 1. The molecule has 1 aliphatic rings. The van der Waals surface area contributed by atoms with Crippen LogP contribution in [0.15, 0.2) is 60.7 Å². The van der Waals surface area contributed by atoms with Crippen LogP contribution in [-0.4, -0.2) is 41.9 Å². The second kappa shape index (κ2) is 13.8. The summed E-state index contributed by atoms with van der Waals surface area (Å²) in [4.78, 5) is 40.6. The lowest BCUT2D eigenvalue weighted by molar-refractivity contribution is -0.148. The summed E-state index contributed by atoms with van der Waals surface area (Å²) in [6.45, 7) is 6.58. The van der Waals surface area contributed by atoms with Crippen molar-refractivity contribution in [1.82, 2.24) is 10.2 Å². The summed E-state index contributed by atoms with van der Waals surface area (Å²) in [5.74, 6) is -0.798. The summed E-state index contributed by atoms with van der Waals surface area (Å²) in [6.07, 6.45) is 3.65. The molecule has 7 heteroatoms. The fourth-order valence-corrected chi connectivity index (χ4v) is 5.30. The molecule has 2 aromatic carbocycles. The van der Waals surface area contributed by atoms with Crippen molar-refractivity contribution in [2.24, 2.45) is 5.92 Å². The molecule has 1 fully saturated rings. The van der Waals surface area contributed by atoms with Crippen LogP contribution >= 0.6 is 0 Å². The predicted molar refractivity (Wildman–Crippen MR) is 146 cm³/mol. The van der Waals surface area contributed by atoms with Crippen molar-refractivity contribution in [2.75, 3.05) is 13.2 Å². The van der Waals surface area contributed by atoms with Crippen molar-refractivity contribution in [3.63, 3.8) is 0 Å². The number of carbonyl (C=O) groups excluding carboxylic acids is 3. The van der Waals surface area contributed by atoms with E-state index in [0.717, 1.165) is 18.4 Å². The van der Waals surface area contributed by atoms with Crippen LogP contribution in [0.1, 0.15) is 76.5 Å². The fraction of sp³-hybridized carbons (Fsp3) is 0.484. The molecule has 38 heavy (non-hydrogen) atoms. The number of hydrogen-bond donors (Lipinski definition) is 1. The number of nitrogens with one attached hydrogen (secondary N) is 1. The van der Waals surface area contributed by atoms with Crippen molar-refractivity contribution in [3.05, 3.63) is 71.8 Å². The van der Waals surface area contributed by atoms with Gasteiger partial charge in [-0.25, -0.2) is 4.79 Å². The molecule has 2 aromatic rings. The first-order valence-corrected chi connectivity index (χ1v) is 13.6. The molecule has 0 saturated carbocycles. The number of nitrogens with zero attached hydrogens (tertiary/aromatic N) is 2. The summed E-state index contributed by atoms with van der Waals surface area (Å²) in [5.41, 5.74) is 1.05. The molecule has 0 aromatic heterocycles. The molecule has 1 aliphatic heterocycles. The highest BCUT2D eigenvalue weighted by Gasteiger charge is 2.37. The van der Waals surface area contributed by atoms with Crippen LogP contribution in [0.3, 0.4) is 0 Å². The molecule has 7 nitrogen and oxygen atoms in total. The van der Waals surface area contributed by atoms with Crippen LogP contribution in [0, 0.1) is 17.2 Å². The first kappa shape index (κ1) is 28.9. The maximum absolute atomic E-state index is 13.2. The third kappa shape index (κ3) is 6.80. The lowest BCUT2D eigenvalue weighted by atomic mass is 9.69. The summed E-state index contributed by atoms with van der Waals surface area (Å²) in [5, 5.41) is 12.9. The third-order valence-corrected chi connectivity index (χ3v) is 7.50. The number of carbonyl (C=O) groups is 3. The van der Waals surface area contributed by atoms with Crippen molar-refractivity contribution < 1.29 is 19.1 Å². The van der Waals surface area contributed by atoms with E-state index in [2.05, 4.69) is 25.2 Å². The van der Waals surface area contributed by atoms with Crippen molar-refractivity contribution in [2.45, 2.75) is 76.8 Å². The number of ether oxygens (including phenoxy) is 1. The Labute approximate surface area is 226 Å². The lowest BCUT2D eigenvalue weighted by Gasteiger charge is -2.31. The smallest absolute Gasteiger partial charge is 0.333 e. The summed E-state index contributed by atoms with van der Waals surface area (Å²) in [6, 6.07) is 19.9. The van der Waals surface area contributed by atoms with Gasteiger partial charge in [0.2, 0.25) is 11.8 Å². The SMILES string of the molecule is CCOC(=O)[C@H](NC(=O)[C@H]1CCCN1C(=O)CCCC[C@@](C#N)(c1ccccc1)C(C)C)c1ccccc1. The van der Waals surface area contributed by atoms with Crippen molar-refractivity contribution in [1.29, 1.82) is 5.26 Å². The van der Waals surface area contributed by atoms with E-state index in [0.29, 0.717) is 37.8 Å². The molecule has 0 unspecified atom stereocenters. The third-order valence-electron chi connectivity index (χ3n) is 7.50. The first-order valence-electron chi connectivity index (χ1n) is 13.6. The molecule has 0 bridgehead atoms. The van der Waals surface area contributed by atoms with Gasteiger partial charge in [0.15, 0.2) is 6.04 Å². The molecule has 3 rings (SSSR count). The van der Waals surface area contributed by atoms with Gasteiger partial charge in [-0.2, -0.15) is 5.26 Å². The number of rotatable bonds is 12. The molecule has 202 valence electrons. The minimum atomic E-state index is -0.922. The summed E-state index contributed by atoms with van der Waals surface area (Å²) >= 11 is 0. The second-order valence-corrected chi connectivity index (χ2v) is 10.2. The highest BCUT2D eigenvalue weighted by Crippen LogP contribution is 2.37. The topological polar surface area (TPSA) is 99.5 Å². The Hall–Kier alpha value is -3.66. The molecular formula is C31H39N3O4. The van der Waals surface area contributed by atoms with Crippen molar-refractivity contribution in [3.8, 4) is 6.07 Å². The normalized spacial score (nSPS) is 17.3. The van der Waals surface area contributed by atoms with Gasteiger partial charge in [-0.3, -0.25) is 9.59 Å². The molecule has 2 amide bonds. The molecule has 1 heterocycles. The van der Waals surface area contributed by atoms with Crippen LogP contribution in [0.2, 0.25) is 0 Å². The molecular weight excluding hydrogens is 478 g/mol. The Morgan fingerprint density at radius 2 is 1.74 bits per heavy atom. The van der Waals surface area contributed by atoms with E-state index < -0.39 is 23.5 Å². The van der Waals surface area contributed by atoms with E-state index in [4.69, 9.17) is 4.74 Å². The molecule has 0 spiro atoms. The van der Waals surface area contributed by atoms with E-state index in [9.17, 15) is 19.6 Å². The minimum absolute atomic E-state index is 0.0677. The lowest BCUT2D eigenvalue weighted by Crippen LogP contribution is -2.48. The van der Waals surface area contributed by atoms with E-state index >= 15 is 0 Å². The summed E-state index contributed by atoms with van der Waals surface area (Å²) in [7, 11) is 0. The van der Waals surface area contributed by atoms with Gasteiger partial charge in [0.25, 0.3) is 0 Å². The maximum Gasteiger partial charge on any atom is 0.333 e. The van der Waals surface area contributed by atoms with Gasteiger partial charge in [-0.05, 0) is 49.7 Å². The number of benzene rings is 2. The number of likely N-dealkylation sites (tertiary alicyclic amines) is 1. The monoisotopic (exact) mass is 517 g/mol. The quantitative estimate of drug-likeness (QED) is 0.313. The van der Waals surface area contributed by atoms with E-state index in [1.165, 1.54) is 0 Å². The highest BCUT2D eigenvalue weighted by atomic mass is 16.5. The second-order valence-electron chi connectivity index (χ2n) is 10.2. The molecule has 3 atom stereocenters. The van der Waals surface area contributed by atoms with Crippen molar-refractivity contribution >= 4 is 17.8 Å². The zero-order chi connectivity index (χ0) is 27.5. The van der Waals surface area contributed by atoms with Crippen LogP contribution in [-0.2, 0) is 24.5 Å². The Balaban J connectivity index is 1.60. The Kier molecular flexibility index (Phi) is 10.5. The largest absolute Gasteiger partial charge is 0.464 e. The molecule has 0 aliphatic carbocycles. The number of hydrogen-bond acceptors (Lipinski definition) is 5. The minimum Gasteiger partial charge on any atom is -0.464 e. The number of unbranched alkanes of at least 4 members (excludes halogenated alkanes) is 1. The van der Waals surface area contributed by atoms with Gasteiger partial charge < -0.3 is 15.0 Å². The van der Waals surface area contributed by atoms with Gasteiger partial charge in [0, 0.05) is 13.0 Å².